The number of carbonyl (C=O) groups excluding carboxylic acids is 5. The van der Waals surface area contributed by atoms with Gasteiger partial charge in [0.25, 0.3) is 5.91 Å². The Hall–Kier alpha value is -4.68. The minimum absolute atomic E-state index is 0.0233. The first kappa shape index (κ1) is 38.1. The monoisotopic (exact) mass is 696 g/mol. The molecule has 272 valence electrons. The van der Waals surface area contributed by atoms with Crippen LogP contribution in [0.25, 0.3) is 0 Å². The molecule has 0 spiro atoms. The summed E-state index contributed by atoms with van der Waals surface area (Å²) < 4.78 is 33.6. The third-order valence-corrected chi connectivity index (χ3v) is 9.17. The molecule has 2 aromatic rings. The van der Waals surface area contributed by atoms with Gasteiger partial charge in [0.15, 0.2) is 23.6 Å². The lowest BCUT2D eigenvalue weighted by molar-refractivity contribution is -0.176. The number of methoxy groups -OCH3 is 1. The number of rotatable bonds is 10. The summed E-state index contributed by atoms with van der Waals surface area (Å²) in [4.78, 5) is 70.6. The van der Waals surface area contributed by atoms with Crippen LogP contribution in [0.2, 0.25) is 0 Å². The highest BCUT2D eigenvalue weighted by Crippen LogP contribution is 2.36. The lowest BCUT2D eigenvalue weighted by Gasteiger charge is -2.36. The molecule has 13 nitrogen and oxygen atoms in total. The number of ether oxygens (including phenoxy) is 6. The lowest BCUT2D eigenvalue weighted by Crippen LogP contribution is -2.47. The van der Waals surface area contributed by atoms with E-state index in [1.807, 2.05) is 30.3 Å². The average Bonchev–Trinajstić information content (AvgIpc) is 3.10. The Bertz CT molecular complexity index is 1510. The fourth-order valence-corrected chi connectivity index (χ4v) is 6.31. The quantitative estimate of drug-likeness (QED) is 0.259. The van der Waals surface area contributed by atoms with Crippen LogP contribution in [-0.4, -0.2) is 73.0 Å². The van der Waals surface area contributed by atoms with E-state index in [0.717, 1.165) is 18.4 Å². The maximum Gasteiger partial charge on any atom is 0.514 e. The number of aromatic nitrogens is 1. The molecule has 4 rings (SSSR count). The van der Waals surface area contributed by atoms with Gasteiger partial charge in [-0.2, -0.15) is 0 Å². The molecule has 1 saturated heterocycles. The second kappa shape index (κ2) is 17.3. The van der Waals surface area contributed by atoms with Gasteiger partial charge in [0.2, 0.25) is 5.75 Å². The van der Waals surface area contributed by atoms with Crippen LogP contribution < -0.4 is 14.8 Å². The van der Waals surface area contributed by atoms with Gasteiger partial charge in [-0.05, 0) is 49.5 Å². The van der Waals surface area contributed by atoms with Crippen molar-refractivity contribution in [3.05, 3.63) is 53.9 Å². The van der Waals surface area contributed by atoms with Crippen LogP contribution in [0.1, 0.15) is 76.9 Å². The standard InChI is InChI=1S/C37H48N2O11/c1-20(2)25-14-13-22(5)17-29(25)48-37(44)50-32-28(45-7)15-16-38-30(32)33(40)39-27-19-46-35(42)26(18-24-11-9-8-10-12-24)31(23(6)47-36(27)43)49-34(41)21(3)4/h8-12,15-16,20-23,25-27,29,31H,13-14,17-19H2,1-7H3,(H,39,40)/t22-,23+,25+,26-,27+,29-,31+/m1/s1. The number of hydrogen-bond donors (Lipinski definition) is 1. The Morgan fingerprint density at radius 2 is 1.70 bits per heavy atom. The summed E-state index contributed by atoms with van der Waals surface area (Å²) >= 11 is 0. The van der Waals surface area contributed by atoms with Crippen molar-refractivity contribution < 1.29 is 52.4 Å². The van der Waals surface area contributed by atoms with Gasteiger partial charge >= 0.3 is 24.1 Å². The maximum atomic E-state index is 13.7. The SMILES string of the molecule is COc1ccnc(C(=O)N[C@H]2COC(=O)[C@H](Cc3ccccc3)[C@@H](OC(=O)C(C)C)[C@H](C)OC2=O)c1OC(=O)O[C@@H]1C[C@H](C)CC[C@H]1C(C)C. The van der Waals surface area contributed by atoms with E-state index in [-0.39, 0.29) is 41.6 Å². The van der Waals surface area contributed by atoms with Crippen LogP contribution in [0, 0.1) is 29.6 Å². The molecule has 2 aliphatic rings. The molecule has 0 radical (unpaired) electrons. The number of pyridine rings is 1. The van der Waals surface area contributed by atoms with Crippen LogP contribution >= 0.6 is 0 Å². The second-order valence-electron chi connectivity index (χ2n) is 13.7. The van der Waals surface area contributed by atoms with Gasteiger partial charge in [0.05, 0.1) is 13.0 Å². The zero-order valence-electron chi connectivity index (χ0n) is 29.7. The summed E-state index contributed by atoms with van der Waals surface area (Å²) in [5.74, 6) is -4.24. The number of nitrogens with one attached hydrogen (secondary N) is 1. The van der Waals surface area contributed by atoms with Crippen LogP contribution in [0.4, 0.5) is 4.79 Å². The third kappa shape index (κ3) is 9.72. The van der Waals surface area contributed by atoms with E-state index < -0.39 is 66.7 Å². The van der Waals surface area contributed by atoms with E-state index in [2.05, 4.69) is 31.1 Å². The van der Waals surface area contributed by atoms with Crippen molar-refractivity contribution in [2.75, 3.05) is 13.7 Å². The maximum absolute atomic E-state index is 13.7. The number of hydrogen-bond acceptors (Lipinski definition) is 12. The topological polar surface area (TPSA) is 166 Å². The number of cyclic esters (lactones) is 2. The molecular weight excluding hydrogens is 648 g/mol. The van der Waals surface area contributed by atoms with Crippen molar-refractivity contribution in [3.63, 3.8) is 0 Å². The molecule has 7 atom stereocenters. The fourth-order valence-electron chi connectivity index (χ4n) is 6.31. The molecule has 1 aromatic heterocycles. The molecule has 1 saturated carbocycles. The fraction of sp³-hybridized carbons (Fsp3) is 0.568. The normalized spacial score (nSPS) is 25.7. The number of esters is 3. The van der Waals surface area contributed by atoms with Gasteiger partial charge < -0.3 is 33.7 Å². The highest BCUT2D eigenvalue weighted by Gasteiger charge is 2.42. The Labute approximate surface area is 292 Å². The Balaban J connectivity index is 1.55. The van der Waals surface area contributed by atoms with E-state index >= 15 is 0 Å². The Morgan fingerprint density at radius 1 is 0.980 bits per heavy atom. The first-order valence-corrected chi connectivity index (χ1v) is 17.1. The van der Waals surface area contributed by atoms with Gasteiger partial charge in [-0.3, -0.25) is 14.4 Å². The number of amides is 1. The first-order valence-electron chi connectivity index (χ1n) is 17.1. The summed E-state index contributed by atoms with van der Waals surface area (Å²) in [6.07, 6.45) is 0.376. The van der Waals surface area contributed by atoms with Crippen molar-refractivity contribution in [2.24, 2.45) is 29.6 Å². The smallest absolute Gasteiger partial charge is 0.493 e. The zero-order chi connectivity index (χ0) is 36.5. The van der Waals surface area contributed by atoms with Gasteiger partial charge in [0.1, 0.15) is 24.7 Å². The molecule has 1 amide bonds. The second-order valence-corrected chi connectivity index (χ2v) is 13.7. The molecule has 1 aliphatic carbocycles. The summed E-state index contributed by atoms with van der Waals surface area (Å²) in [6, 6.07) is 8.99. The highest BCUT2D eigenvalue weighted by molar-refractivity contribution is 5.98. The van der Waals surface area contributed by atoms with E-state index in [4.69, 9.17) is 28.4 Å². The predicted octanol–water partition coefficient (Wildman–Crippen LogP) is 5.08. The van der Waals surface area contributed by atoms with Crippen molar-refractivity contribution in [3.8, 4) is 11.5 Å². The van der Waals surface area contributed by atoms with Crippen LogP contribution in [-0.2, 0) is 39.8 Å². The molecule has 13 heteroatoms. The van der Waals surface area contributed by atoms with Crippen LogP contribution in [0.5, 0.6) is 11.5 Å². The molecule has 0 unspecified atom stereocenters. The number of nitrogens with zero attached hydrogens (tertiary/aromatic N) is 1. The number of benzene rings is 1. The van der Waals surface area contributed by atoms with Crippen molar-refractivity contribution in [1.29, 1.82) is 0 Å². The number of carbonyl (C=O) groups is 5. The summed E-state index contributed by atoms with van der Waals surface area (Å²) in [7, 11) is 1.33. The molecule has 1 aromatic carbocycles. The van der Waals surface area contributed by atoms with Gasteiger partial charge in [-0.25, -0.2) is 14.6 Å². The predicted molar refractivity (Wildman–Crippen MR) is 179 cm³/mol. The lowest BCUT2D eigenvalue weighted by atomic mass is 9.75. The molecule has 1 aliphatic heterocycles. The Kier molecular flexibility index (Phi) is 13.2. The largest absolute Gasteiger partial charge is 0.514 e. The molecule has 50 heavy (non-hydrogen) atoms. The van der Waals surface area contributed by atoms with Crippen LogP contribution in [0.15, 0.2) is 42.6 Å². The van der Waals surface area contributed by atoms with E-state index in [1.54, 1.807) is 13.8 Å². The minimum Gasteiger partial charge on any atom is -0.493 e. The highest BCUT2D eigenvalue weighted by atomic mass is 16.7. The van der Waals surface area contributed by atoms with Gasteiger partial charge in [-0.15, -0.1) is 0 Å². The zero-order valence-corrected chi connectivity index (χ0v) is 29.7. The van der Waals surface area contributed by atoms with Gasteiger partial charge in [-0.1, -0.05) is 71.4 Å². The first-order chi connectivity index (χ1) is 23.8. The summed E-state index contributed by atoms with van der Waals surface area (Å²) in [5, 5.41) is 2.49. The molecular formula is C37H48N2O11. The molecule has 0 bridgehead atoms. The third-order valence-electron chi connectivity index (χ3n) is 9.17. The van der Waals surface area contributed by atoms with Crippen molar-refractivity contribution >= 4 is 30.0 Å². The average molecular weight is 697 g/mol. The van der Waals surface area contributed by atoms with Gasteiger partial charge in [0, 0.05) is 12.3 Å². The van der Waals surface area contributed by atoms with E-state index in [0.29, 0.717) is 12.3 Å². The molecule has 1 N–H and O–H groups in total. The van der Waals surface area contributed by atoms with Crippen LogP contribution in [0.3, 0.4) is 0 Å². The minimum atomic E-state index is -1.49. The Morgan fingerprint density at radius 3 is 2.36 bits per heavy atom. The van der Waals surface area contributed by atoms with Crippen molar-refractivity contribution in [2.45, 2.75) is 91.6 Å². The van der Waals surface area contributed by atoms with E-state index in [1.165, 1.54) is 26.3 Å². The molecule has 2 fully saturated rings. The summed E-state index contributed by atoms with van der Waals surface area (Å²) in [6.45, 7) is 10.5. The summed E-state index contributed by atoms with van der Waals surface area (Å²) in [5.41, 5.74) is 0.395. The molecule has 2 heterocycles. The van der Waals surface area contributed by atoms with E-state index in [9.17, 15) is 24.0 Å². The van der Waals surface area contributed by atoms with Crippen molar-refractivity contribution in [1.82, 2.24) is 10.3 Å².